The molecule has 4 nitrogen and oxygen atoms in total. The van der Waals surface area contributed by atoms with Crippen LogP contribution in [0.2, 0.25) is 0 Å². The third-order valence-corrected chi connectivity index (χ3v) is 4.57. The average Bonchev–Trinajstić information content (AvgIpc) is 2.64. The summed E-state index contributed by atoms with van der Waals surface area (Å²) in [6, 6.07) is 13.1. The van der Waals surface area contributed by atoms with Crippen LogP contribution in [-0.2, 0) is 4.79 Å². The maximum Gasteiger partial charge on any atom is 0.244 e. The fraction of sp³-hybridized carbons (Fsp3) is 0.350. The lowest BCUT2D eigenvalue weighted by Crippen LogP contribution is -2.45. The van der Waals surface area contributed by atoms with E-state index in [9.17, 15) is 9.18 Å². The standard InChI is InChI=1S/C20H23FN2O2.ClH/c1-14-2-4-15(5-3-14)19(22)20(24)23-12-10-18(11-13-23)25-17-8-6-16(21)7-9-17;/h2-9,18-19H,10-13,22H2,1H3;1H. The Morgan fingerprint density at radius 2 is 1.69 bits per heavy atom. The summed E-state index contributed by atoms with van der Waals surface area (Å²) in [6.07, 6.45) is 1.51. The number of rotatable bonds is 4. The summed E-state index contributed by atoms with van der Waals surface area (Å²) in [5.41, 5.74) is 8.11. The van der Waals surface area contributed by atoms with Crippen molar-refractivity contribution in [2.45, 2.75) is 31.9 Å². The van der Waals surface area contributed by atoms with E-state index in [1.165, 1.54) is 12.1 Å². The van der Waals surface area contributed by atoms with Crippen molar-refractivity contribution in [3.8, 4) is 5.75 Å². The number of halogens is 2. The molecule has 1 aliphatic rings. The molecule has 6 heteroatoms. The predicted molar refractivity (Wildman–Crippen MR) is 102 cm³/mol. The summed E-state index contributed by atoms with van der Waals surface area (Å²) in [5, 5.41) is 0. The summed E-state index contributed by atoms with van der Waals surface area (Å²) in [4.78, 5) is 14.4. The maximum atomic E-state index is 12.9. The lowest BCUT2D eigenvalue weighted by molar-refractivity contribution is -0.134. The first-order valence-electron chi connectivity index (χ1n) is 8.56. The van der Waals surface area contributed by atoms with Crippen LogP contribution in [0.15, 0.2) is 48.5 Å². The predicted octanol–water partition coefficient (Wildman–Crippen LogP) is 3.63. The Morgan fingerprint density at radius 1 is 1.12 bits per heavy atom. The first-order chi connectivity index (χ1) is 12.0. The number of carbonyl (C=O) groups is 1. The molecule has 0 bridgehead atoms. The topological polar surface area (TPSA) is 55.6 Å². The van der Waals surface area contributed by atoms with Crippen molar-refractivity contribution in [3.63, 3.8) is 0 Å². The number of hydrogen-bond acceptors (Lipinski definition) is 3. The second kappa shape index (κ2) is 9.01. The van der Waals surface area contributed by atoms with Gasteiger partial charge in [-0.15, -0.1) is 12.4 Å². The Balaban J connectivity index is 0.00000243. The zero-order chi connectivity index (χ0) is 17.8. The van der Waals surface area contributed by atoms with E-state index in [1.807, 2.05) is 31.2 Å². The van der Waals surface area contributed by atoms with Crippen molar-refractivity contribution in [2.24, 2.45) is 5.73 Å². The van der Waals surface area contributed by atoms with Crippen LogP contribution in [0.5, 0.6) is 5.75 Å². The molecule has 2 aromatic carbocycles. The molecule has 0 radical (unpaired) electrons. The lowest BCUT2D eigenvalue weighted by atomic mass is 10.0. The van der Waals surface area contributed by atoms with Gasteiger partial charge < -0.3 is 15.4 Å². The molecule has 140 valence electrons. The van der Waals surface area contributed by atoms with Crippen molar-refractivity contribution in [1.29, 1.82) is 0 Å². The van der Waals surface area contributed by atoms with E-state index < -0.39 is 6.04 Å². The number of benzene rings is 2. The minimum atomic E-state index is -0.629. The highest BCUT2D eigenvalue weighted by molar-refractivity contribution is 5.85. The number of carbonyl (C=O) groups excluding carboxylic acids is 1. The molecule has 1 unspecified atom stereocenters. The number of amides is 1. The number of ether oxygens (including phenoxy) is 1. The third kappa shape index (κ3) is 4.96. The molecular weight excluding hydrogens is 355 g/mol. The van der Waals surface area contributed by atoms with Crippen LogP contribution in [0, 0.1) is 12.7 Å². The first kappa shape index (κ1) is 20.2. The second-order valence-corrected chi connectivity index (χ2v) is 6.48. The van der Waals surface area contributed by atoms with Crippen LogP contribution >= 0.6 is 12.4 Å². The molecule has 0 aliphatic carbocycles. The van der Waals surface area contributed by atoms with Gasteiger partial charge in [0.15, 0.2) is 0 Å². The summed E-state index contributed by atoms with van der Waals surface area (Å²) in [7, 11) is 0. The van der Waals surface area contributed by atoms with Gasteiger partial charge in [0.05, 0.1) is 0 Å². The number of aryl methyl sites for hydroxylation is 1. The molecule has 3 rings (SSSR count). The Labute approximate surface area is 159 Å². The van der Waals surface area contributed by atoms with Crippen LogP contribution in [0.25, 0.3) is 0 Å². The monoisotopic (exact) mass is 378 g/mol. The zero-order valence-corrected chi connectivity index (χ0v) is 15.5. The fourth-order valence-electron chi connectivity index (χ4n) is 3.01. The number of nitrogens with zero attached hydrogens (tertiary/aromatic N) is 1. The van der Waals surface area contributed by atoms with Gasteiger partial charge in [0.2, 0.25) is 5.91 Å². The highest BCUT2D eigenvalue weighted by Gasteiger charge is 2.27. The quantitative estimate of drug-likeness (QED) is 0.883. The highest BCUT2D eigenvalue weighted by Crippen LogP contribution is 2.22. The maximum absolute atomic E-state index is 12.9. The van der Waals surface area contributed by atoms with Gasteiger partial charge >= 0.3 is 0 Å². The molecule has 1 atom stereocenters. The number of nitrogens with two attached hydrogens (primary N) is 1. The van der Waals surface area contributed by atoms with Crippen LogP contribution in [0.1, 0.15) is 30.0 Å². The van der Waals surface area contributed by atoms with Crippen LogP contribution in [-0.4, -0.2) is 30.0 Å². The van der Waals surface area contributed by atoms with E-state index in [0.29, 0.717) is 18.8 Å². The van der Waals surface area contributed by atoms with Crippen LogP contribution in [0.4, 0.5) is 4.39 Å². The van der Waals surface area contributed by atoms with E-state index in [2.05, 4.69) is 0 Å². The fourth-order valence-corrected chi connectivity index (χ4v) is 3.01. The van der Waals surface area contributed by atoms with Crippen molar-refractivity contribution in [1.82, 2.24) is 4.90 Å². The minimum absolute atomic E-state index is 0. The molecule has 26 heavy (non-hydrogen) atoms. The van der Waals surface area contributed by atoms with Gasteiger partial charge in [-0.3, -0.25) is 4.79 Å². The van der Waals surface area contributed by atoms with Gasteiger partial charge in [-0.25, -0.2) is 4.39 Å². The van der Waals surface area contributed by atoms with Crippen LogP contribution < -0.4 is 10.5 Å². The van der Waals surface area contributed by atoms with Crippen molar-refractivity contribution < 1.29 is 13.9 Å². The van der Waals surface area contributed by atoms with Gasteiger partial charge in [-0.05, 0) is 36.8 Å². The molecule has 1 saturated heterocycles. The normalized spacial score (nSPS) is 15.9. The minimum Gasteiger partial charge on any atom is -0.490 e. The van der Waals surface area contributed by atoms with E-state index in [1.54, 1.807) is 17.0 Å². The van der Waals surface area contributed by atoms with Gasteiger partial charge in [-0.2, -0.15) is 0 Å². The summed E-state index contributed by atoms with van der Waals surface area (Å²) in [5.74, 6) is 0.324. The number of likely N-dealkylation sites (tertiary alicyclic amines) is 1. The molecular formula is C20H24ClFN2O2. The first-order valence-corrected chi connectivity index (χ1v) is 8.56. The smallest absolute Gasteiger partial charge is 0.244 e. The Hall–Kier alpha value is -2.11. The average molecular weight is 379 g/mol. The number of hydrogen-bond donors (Lipinski definition) is 1. The van der Waals surface area contributed by atoms with Gasteiger partial charge in [0.25, 0.3) is 0 Å². The molecule has 1 aliphatic heterocycles. The Bertz CT molecular complexity index is 714. The Kier molecular flexibility index (Phi) is 7.00. The summed E-state index contributed by atoms with van der Waals surface area (Å²) >= 11 is 0. The molecule has 1 heterocycles. The third-order valence-electron chi connectivity index (χ3n) is 4.57. The number of piperidine rings is 1. The van der Waals surface area contributed by atoms with E-state index in [-0.39, 0.29) is 30.2 Å². The van der Waals surface area contributed by atoms with E-state index in [0.717, 1.165) is 24.0 Å². The van der Waals surface area contributed by atoms with E-state index in [4.69, 9.17) is 10.5 Å². The molecule has 2 N–H and O–H groups in total. The SMILES string of the molecule is Cc1ccc(C(N)C(=O)N2CCC(Oc3ccc(F)cc3)CC2)cc1.Cl. The largest absolute Gasteiger partial charge is 0.490 e. The van der Waals surface area contributed by atoms with Gasteiger partial charge in [0, 0.05) is 25.9 Å². The second-order valence-electron chi connectivity index (χ2n) is 6.48. The van der Waals surface area contributed by atoms with E-state index >= 15 is 0 Å². The molecule has 2 aromatic rings. The van der Waals surface area contributed by atoms with Crippen molar-refractivity contribution >= 4 is 18.3 Å². The summed E-state index contributed by atoms with van der Waals surface area (Å²) < 4.78 is 18.8. The summed E-state index contributed by atoms with van der Waals surface area (Å²) in [6.45, 7) is 3.23. The van der Waals surface area contributed by atoms with Crippen LogP contribution in [0.3, 0.4) is 0 Å². The molecule has 0 spiro atoms. The van der Waals surface area contributed by atoms with Crippen molar-refractivity contribution in [3.05, 3.63) is 65.5 Å². The zero-order valence-electron chi connectivity index (χ0n) is 14.7. The molecule has 0 aromatic heterocycles. The molecule has 0 saturated carbocycles. The highest BCUT2D eigenvalue weighted by atomic mass is 35.5. The molecule has 1 fully saturated rings. The lowest BCUT2D eigenvalue weighted by Gasteiger charge is -2.33. The van der Waals surface area contributed by atoms with Gasteiger partial charge in [0.1, 0.15) is 23.7 Å². The Morgan fingerprint density at radius 3 is 2.27 bits per heavy atom. The van der Waals surface area contributed by atoms with Gasteiger partial charge in [-0.1, -0.05) is 29.8 Å². The van der Waals surface area contributed by atoms with Crippen molar-refractivity contribution in [2.75, 3.05) is 13.1 Å². The molecule has 1 amide bonds.